The van der Waals surface area contributed by atoms with Crippen LogP contribution < -0.4 is 5.73 Å². The zero-order valence-corrected chi connectivity index (χ0v) is 10.7. The SMILES string of the molecule is Cc1ccc(C(N)C2CCCC2C)cc1C. The standard InChI is InChI=1S/C15H23N/c1-10-7-8-13(9-12(10)3)15(16)14-6-4-5-11(14)2/h7-9,11,14-15H,4-6,16H2,1-3H3. The zero-order chi connectivity index (χ0) is 11.7. The van der Waals surface area contributed by atoms with Crippen LogP contribution in [-0.4, -0.2) is 0 Å². The van der Waals surface area contributed by atoms with E-state index in [2.05, 4.69) is 39.0 Å². The van der Waals surface area contributed by atoms with Gasteiger partial charge in [-0.05, 0) is 48.8 Å². The van der Waals surface area contributed by atoms with E-state index in [1.165, 1.54) is 36.0 Å². The van der Waals surface area contributed by atoms with E-state index in [1.54, 1.807) is 0 Å². The fourth-order valence-corrected chi connectivity index (χ4v) is 2.93. The first kappa shape index (κ1) is 11.7. The molecule has 2 rings (SSSR count). The molecular formula is C15H23N. The molecule has 2 N–H and O–H groups in total. The van der Waals surface area contributed by atoms with E-state index in [9.17, 15) is 0 Å². The summed E-state index contributed by atoms with van der Waals surface area (Å²) in [5, 5.41) is 0. The van der Waals surface area contributed by atoms with Crippen molar-refractivity contribution in [3.63, 3.8) is 0 Å². The maximum absolute atomic E-state index is 6.41. The van der Waals surface area contributed by atoms with Crippen LogP contribution in [0.5, 0.6) is 0 Å². The van der Waals surface area contributed by atoms with Gasteiger partial charge >= 0.3 is 0 Å². The number of hydrogen-bond donors (Lipinski definition) is 1. The summed E-state index contributed by atoms with van der Waals surface area (Å²) in [4.78, 5) is 0. The van der Waals surface area contributed by atoms with Crippen LogP contribution in [-0.2, 0) is 0 Å². The van der Waals surface area contributed by atoms with E-state index in [1.807, 2.05) is 0 Å². The Kier molecular flexibility index (Phi) is 3.34. The second-order valence-electron chi connectivity index (χ2n) is 5.44. The van der Waals surface area contributed by atoms with Crippen molar-refractivity contribution in [2.75, 3.05) is 0 Å². The summed E-state index contributed by atoms with van der Waals surface area (Å²) in [5.41, 5.74) is 10.4. The van der Waals surface area contributed by atoms with Crippen molar-refractivity contribution in [3.05, 3.63) is 34.9 Å². The van der Waals surface area contributed by atoms with Crippen molar-refractivity contribution in [1.29, 1.82) is 0 Å². The highest BCUT2D eigenvalue weighted by Crippen LogP contribution is 2.38. The minimum Gasteiger partial charge on any atom is -0.324 e. The Morgan fingerprint density at radius 2 is 1.94 bits per heavy atom. The van der Waals surface area contributed by atoms with Crippen LogP contribution >= 0.6 is 0 Å². The highest BCUT2D eigenvalue weighted by molar-refractivity contribution is 5.32. The van der Waals surface area contributed by atoms with Crippen LogP contribution in [0.15, 0.2) is 18.2 Å². The molecule has 0 radical (unpaired) electrons. The number of aryl methyl sites for hydroxylation is 2. The van der Waals surface area contributed by atoms with E-state index in [0.29, 0.717) is 5.92 Å². The van der Waals surface area contributed by atoms with E-state index < -0.39 is 0 Å². The maximum atomic E-state index is 6.41. The summed E-state index contributed by atoms with van der Waals surface area (Å²) >= 11 is 0. The van der Waals surface area contributed by atoms with E-state index in [4.69, 9.17) is 5.73 Å². The monoisotopic (exact) mass is 217 g/mol. The summed E-state index contributed by atoms with van der Waals surface area (Å²) in [6, 6.07) is 6.91. The van der Waals surface area contributed by atoms with Crippen LogP contribution in [0, 0.1) is 25.7 Å². The summed E-state index contributed by atoms with van der Waals surface area (Å²) < 4.78 is 0. The predicted molar refractivity (Wildman–Crippen MR) is 69.3 cm³/mol. The molecule has 1 aliphatic rings. The third-order valence-corrected chi connectivity index (χ3v) is 4.30. The maximum Gasteiger partial charge on any atom is 0.0326 e. The normalized spacial score (nSPS) is 27.0. The van der Waals surface area contributed by atoms with Crippen LogP contribution in [0.3, 0.4) is 0 Å². The van der Waals surface area contributed by atoms with Gasteiger partial charge in [-0.15, -0.1) is 0 Å². The first-order valence-corrected chi connectivity index (χ1v) is 6.42. The highest BCUT2D eigenvalue weighted by Gasteiger charge is 2.29. The molecule has 16 heavy (non-hydrogen) atoms. The van der Waals surface area contributed by atoms with Gasteiger partial charge in [0.15, 0.2) is 0 Å². The van der Waals surface area contributed by atoms with Crippen molar-refractivity contribution in [1.82, 2.24) is 0 Å². The molecule has 1 aromatic carbocycles. The molecule has 0 aliphatic heterocycles. The quantitative estimate of drug-likeness (QED) is 0.802. The molecule has 0 bridgehead atoms. The van der Waals surface area contributed by atoms with Crippen molar-refractivity contribution < 1.29 is 0 Å². The zero-order valence-electron chi connectivity index (χ0n) is 10.7. The second kappa shape index (κ2) is 4.58. The lowest BCUT2D eigenvalue weighted by atomic mass is 9.86. The minimum atomic E-state index is 0.233. The lowest BCUT2D eigenvalue weighted by molar-refractivity contribution is 0.351. The highest BCUT2D eigenvalue weighted by atomic mass is 14.7. The Labute approximate surface area is 99.0 Å². The number of nitrogens with two attached hydrogens (primary N) is 1. The molecule has 3 unspecified atom stereocenters. The van der Waals surface area contributed by atoms with Gasteiger partial charge in [0, 0.05) is 6.04 Å². The predicted octanol–water partition coefficient (Wildman–Crippen LogP) is 3.74. The van der Waals surface area contributed by atoms with Crippen molar-refractivity contribution in [3.8, 4) is 0 Å². The fraction of sp³-hybridized carbons (Fsp3) is 0.600. The summed E-state index contributed by atoms with van der Waals surface area (Å²) in [6.45, 7) is 6.67. The Bertz CT molecular complexity index is 370. The fourth-order valence-electron chi connectivity index (χ4n) is 2.93. The van der Waals surface area contributed by atoms with E-state index >= 15 is 0 Å². The number of hydrogen-bond acceptors (Lipinski definition) is 1. The summed E-state index contributed by atoms with van der Waals surface area (Å²) in [7, 11) is 0. The number of benzene rings is 1. The smallest absolute Gasteiger partial charge is 0.0326 e. The van der Waals surface area contributed by atoms with Gasteiger partial charge in [-0.25, -0.2) is 0 Å². The Morgan fingerprint density at radius 3 is 2.50 bits per heavy atom. The third-order valence-electron chi connectivity index (χ3n) is 4.30. The summed E-state index contributed by atoms with van der Waals surface area (Å²) in [5.74, 6) is 1.47. The Balaban J connectivity index is 2.20. The molecule has 3 atom stereocenters. The van der Waals surface area contributed by atoms with Gasteiger partial charge in [-0.2, -0.15) is 0 Å². The van der Waals surface area contributed by atoms with Crippen LogP contribution in [0.2, 0.25) is 0 Å². The van der Waals surface area contributed by atoms with Gasteiger partial charge in [0.05, 0.1) is 0 Å². The van der Waals surface area contributed by atoms with Gasteiger partial charge in [0.2, 0.25) is 0 Å². The van der Waals surface area contributed by atoms with E-state index in [0.717, 1.165) is 5.92 Å². The first-order valence-electron chi connectivity index (χ1n) is 6.42. The molecule has 1 heteroatoms. The largest absolute Gasteiger partial charge is 0.324 e. The van der Waals surface area contributed by atoms with Crippen LogP contribution in [0.25, 0.3) is 0 Å². The van der Waals surface area contributed by atoms with Gasteiger partial charge in [0.25, 0.3) is 0 Å². The van der Waals surface area contributed by atoms with Gasteiger partial charge in [-0.1, -0.05) is 38.0 Å². The molecule has 88 valence electrons. The van der Waals surface area contributed by atoms with Gasteiger partial charge in [0.1, 0.15) is 0 Å². The van der Waals surface area contributed by atoms with E-state index in [-0.39, 0.29) is 6.04 Å². The minimum absolute atomic E-state index is 0.233. The average Bonchev–Trinajstić information content (AvgIpc) is 2.67. The van der Waals surface area contributed by atoms with Crippen molar-refractivity contribution in [2.45, 2.75) is 46.1 Å². The Hall–Kier alpha value is -0.820. The molecule has 1 aliphatic carbocycles. The lowest BCUT2D eigenvalue weighted by Gasteiger charge is -2.24. The first-order chi connectivity index (χ1) is 7.59. The van der Waals surface area contributed by atoms with Gasteiger partial charge in [-0.3, -0.25) is 0 Å². The lowest BCUT2D eigenvalue weighted by Crippen LogP contribution is -2.23. The summed E-state index contributed by atoms with van der Waals surface area (Å²) in [6.07, 6.45) is 4.00. The third kappa shape index (κ3) is 2.15. The average molecular weight is 217 g/mol. The van der Waals surface area contributed by atoms with Crippen LogP contribution in [0.4, 0.5) is 0 Å². The molecule has 0 aromatic heterocycles. The van der Waals surface area contributed by atoms with Crippen molar-refractivity contribution in [2.24, 2.45) is 17.6 Å². The van der Waals surface area contributed by atoms with Crippen molar-refractivity contribution >= 4 is 0 Å². The molecule has 0 heterocycles. The van der Waals surface area contributed by atoms with Gasteiger partial charge < -0.3 is 5.73 Å². The number of rotatable bonds is 2. The molecule has 1 fully saturated rings. The molecular weight excluding hydrogens is 194 g/mol. The molecule has 0 saturated heterocycles. The molecule has 0 amide bonds. The second-order valence-corrected chi connectivity index (χ2v) is 5.44. The topological polar surface area (TPSA) is 26.0 Å². The molecule has 1 aromatic rings. The van der Waals surface area contributed by atoms with Crippen LogP contribution in [0.1, 0.15) is 48.9 Å². The molecule has 1 saturated carbocycles. The molecule has 0 spiro atoms. The molecule has 1 nitrogen and oxygen atoms in total. The Morgan fingerprint density at radius 1 is 1.19 bits per heavy atom.